The molecular formula is C5H9NO2. The van der Waals surface area contributed by atoms with Crippen molar-refractivity contribution in [1.82, 2.24) is 5.32 Å². The first-order valence-corrected chi connectivity index (χ1v) is 2.69. The smallest absolute Gasteiger partial charge is 0.148 e. The van der Waals surface area contributed by atoms with E-state index in [-0.39, 0.29) is 18.4 Å². The highest BCUT2D eigenvalue weighted by Gasteiger charge is 2.19. The Hall–Kier alpha value is -0.410. The molecule has 0 aliphatic carbocycles. The van der Waals surface area contributed by atoms with E-state index >= 15 is 0 Å². The molecule has 0 saturated carbocycles. The fraction of sp³-hybridized carbons (Fsp3) is 0.800. The Morgan fingerprint density at radius 2 is 2.62 bits per heavy atom. The van der Waals surface area contributed by atoms with Gasteiger partial charge in [-0.2, -0.15) is 0 Å². The quantitative estimate of drug-likeness (QED) is 0.456. The molecule has 2 N–H and O–H groups in total. The summed E-state index contributed by atoms with van der Waals surface area (Å²) in [6.07, 6.45) is 0.497. The Bertz CT molecular complexity index is 103. The largest absolute Gasteiger partial charge is 0.395 e. The van der Waals surface area contributed by atoms with E-state index in [0.29, 0.717) is 13.0 Å². The van der Waals surface area contributed by atoms with Gasteiger partial charge in [-0.15, -0.1) is 0 Å². The number of aliphatic hydroxyl groups is 1. The second-order valence-electron chi connectivity index (χ2n) is 2.00. The van der Waals surface area contributed by atoms with Crippen molar-refractivity contribution in [3.8, 4) is 0 Å². The fourth-order valence-corrected chi connectivity index (χ4v) is 0.806. The third-order valence-corrected chi connectivity index (χ3v) is 1.28. The number of carbonyl (C=O) groups excluding carboxylic acids is 1. The number of carbonyl (C=O) groups is 1. The average molecular weight is 115 g/mol. The molecule has 0 amide bonds. The van der Waals surface area contributed by atoms with E-state index in [4.69, 9.17) is 5.11 Å². The lowest BCUT2D eigenvalue weighted by molar-refractivity contribution is -0.116. The van der Waals surface area contributed by atoms with Crippen LogP contribution in [0.4, 0.5) is 0 Å². The number of hydrogen-bond acceptors (Lipinski definition) is 3. The third-order valence-electron chi connectivity index (χ3n) is 1.28. The molecule has 1 aliphatic rings. The molecular weight excluding hydrogens is 106 g/mol. The maximum absolute atomic E-state index is 10.4. The van der Waals surface area contributed by atoms with Gasteiger partial charge in [0.05, 0.1) is 13.2 Å². The van der Waals surface area contributed by atoms with E-state index in [0.717, 1.165) is 0 Å². The lowest BCUT2D eigenvalue weighted by atomic mass is 10.2. The normalized spacial score (nSPS) is 29.1. The van der Waals surface area contributed by atoms with E-state index < -0.39 is 0 Å². The van der Waals surface area contributed by atoms with Crippen LogP contribution in [0.5, 0.6) is 0 Å². The second kappa shape index (κ2) is 2.24. The van der Waals surface area contributed by atoms with Gasteiger partial charge in [-0.05, 0) is 0 Å². The lowest BCUT2D eigenvalue weighted by Crippen LogP contribution is -2.24. The van der Waals surface area contributed by atoms with Crippen molar-refractivity contribution in [2.75, 3.05) is 13.2 Å². The van der Waals surface area contributed by atoms with Crippen molar-refractivity contribution in [2.24, 2.45) is 0 Å². The van der Waals surface area contributed by atoms with Crippen LogP contribution in [0.2, 0.25) is 0 Å². The van der Waals surface area contributed by atoms with Gasteiger partial charge in [0.2, 0.25) is 0 Å². The molecule has 1 rings (SSSR count). The van der Waals surface area contributed by atoms with Gasteiger partial charge in [-0.3, -0.25) is 4.79 Å². The maximum Gasteiger partial charge on any atom is 0.148 e. The van der Waals surface area contributed by atoms with Gasteiger partial charge < -0.3 is 10.4 Å². The van der Waals surface area contributed by atoms with Gasteiger partial charge in [0.25, 0.3) is 0 Å². The summed E-state index contributed by atoms with van der Waals surface area (Å²) in [5, 5.41) is 11.3. The minimum Gasteiger partial charge on any atom is -0.395 e. The molecule has 0 unspecified atom stereocenters. The van der Waals surface area contributed by atoms with Crippen LogP contribution in [0.25, 0.3) is 0 Å². The molecule has 0 spiro atoms. The first kappa shape index (κ1) is 5.72. The summed E-state index contributed by atoms with van der Waals surface area (Å²) < 4.78 is 0. The molecule has 1 fully saturated rings. The summed E-state index contributed by atoms with van der Waals surface area (Å²) in [6, 6.07) is 0.0301. The van der Waals surface area contributed by atoms with Crippen molar-refractivity contribution in [3.63, 3.8) is 0 Å². The zero-order valence-corrected chi connectivity index (χ0v) is 4.55. The molecule has 8 heavy (non-hydrogen) atoms. The zero-order chi connectivity index (χ0) is 5.98. The molecule has 0 aromatic heterocycles. The zero-order valence-electron chi connectivity index (χ0n) is 4.55. The lowest BCUT2D eigenvalue weighted by Gasteiger charge is -2.00. The number of rotatable bonds is 1. The topological polar surface area (TPSA) is 49.3 Å². The Morgan fingerprint density at radius 3 is 2.88 bits per heavy atom. The highest BCUT2D eigenvalue weighted by Crippen LogP contribution is 1.98. The van der Waals surface area contributed by atoms with Crippen molar-refractivity contribution >= 4 is 5.78 Å². The number of nitrogens with one attached hydrogen (secondary N) is 1. The van der Waals surface area contributed by atoms with Crippen molar-refractivity contribution < 1.29 is 9.90 Å². The minimum atomic E-state index is 0.0301. The maximum atomic E-state index is 10.4. The molecule has 0 aromatic carbocycles. The Balaban J connectivity index is 2.32. The average Bonchev–Trinajstić information content (AvgIpc) is 2.14. The summed E-state index contributed by atoms with van der Waals surface area (Å²) in [7, 11) is 0. The summed E-state index contributed by atoms with van der Waals surface area (Å²) in [4.78, 5) is 10.4. The van der Waals surface area contributed by atoms with Crippen LogP contribution in [0.3, 0.4) is 0 Å². The molecule has 46 valence electrons. The molecule has 3 nitrogen and oxygen atoms in total. The SMILES string of the molecule is O=C1CN[C@H](CO)C1. The first-order chi connectivity index (χ1) is 3.83. The van der Waals surface area contributed by atoms with Crippen molar-refractivity contribution in [1.29, 1.82) is 0 Å². The molecule has 1 atom stereocenters. The van der Waals surface area contributed by atoms with E-state index in [1.807, 2.05) is 0 Å². The van der Waals surface area contributed by atoms with Crippen LogP contribution in [0, 0.1) is 0 Å². The standard InChI is InChI=1S/C5H9NO2/c7-3-4-1-5(8)2-6-4/h4,6-7H,1-3H2/t4-/m0/s1. The van der Waals surface area contributed by atoms with Gasteiger partial charge in [-0.1, -0.05) is 0 Å². The number of Topliss-reactive ketones (excluding diaryl/α,β-unsaturated/α-hetero) is 1. The molecule has 0 bridgehead atoms. The molecule has 0 radical (unpaired) electrons. The van der Waals surface area contributed by atoms with Crippen LogP contribution in [0.15, 0.2) is 0 Å². The van der Waals surface area contributed by atoms with E-state index in [1.165, 1.54) is 0 Å². The third kappa shape index (κ3) is 1.05. The van der Waals surface area contributed by atoms with Crippen LogP contribution < -0.4 is 5.32 Å². The number of hydrogen-bond donors (Lipinski definition) is 2. The van der Waals surface area contributed by atoms with Gasteiger partial charge in [-0.25, -0.2) is 0 Å². The Kier molecular flexibility index (Phi) is 1.60. The van der Waals surface area contributed by atoms with Crippen molar-refractivity contribution in [2.45, 2.75) is 12.5 Å². The molecule has 1 heterocycles. The van der Waals surface area contributed by atoms with E-state index in [2.05, 4.69) is 5.32 Å². The van der Waals surface area contributed by atoms with E-state index in [1.54, 1.807) is 0 Å². The van der Waals surface area contributed by atoms with Crippen LogP contribution in [-0.2, 0) is 4.79 Å². The Labute approximate surface area is 47.7 Å². The fourth-order valence-electron chi connectivity index (χ4n) is 0.806. The van der Waals surface area contributed by atoms with Crippen LogP contribution in [-0.4, -0.2) is 30.1 Å². The van der Waals surface area contributed by atoms with Crippen LogP contribution >= 0.6 is 0 Å². The predicted molar refractivity (Wildman–Crippen MR) is 28.5 cm³/mol. The summed E-state index contributed by atoms with van der Waals surface area (Å²) in [5.74, 6) is 0.198. The van der Waals surface area contributed by atoms with E-state index in [9.17, 15) is 4.79 Å². The summed E-state index contributed by atoms with van der Waals surface area (Å²) >= 11 is 0. The minimum absolute atomic E-state index is 0.0301. The molecule has 0 aromatic rings. The van der Waals surface area contributed by atoms with Gasteiger partial charge >= 0.3 is 0 Å². The monoisotopic (exact) mass is 115 g/mol. The highest BCUT2D eigenvalue weighted by molar-refractivity contribution is 5.83. The number of ketones is 1. The van der Waals surface area contributed by atoms with Gasteiger partial charge in [0, 0.05) is 12.5 Å². The molecule has 1 saturated heterocycles. The predicted octanol–water partition coefficient (Wildman–Crippen LogP) is -1.09. The first-order valence-electron chi connectivity index (χ1n) is 2.69. The molecule has 1 aliphatic heterocycles. The highest BCUT2D eigenvalue weighted by atomic mass is 16.3. The summed E-state index contributed by atoms with van der Waals surface area (Å²) in [6.45, 7) is 0.511. The second-order valence-corrected chi connectivity index (χ2v) is 2.00. The van der Waals surface area contributed by atoms with Crippen molar-refractivity contribution in [3.05, 3.63) is 0 Å². The van der Waals surface area contributed by atoms with Gasteiger partial charge in [0.15, 0.2) is 0 Å². The number of aliphatic hydroxyl groups excluding tert-OH is 1. The summed E-state index contributed by atoms with van der Waals surface area (Å²) in [5.41, 5.74) is 0. The Morgan fingerprint density at radius 1 is 1.88 bits per heavy atom. The van der Waals surface area contributed by atoms with Gasteiger partial charge in [0.1, 0.15) is 5.78 Å². The molecule has 3 heteroatoms. The van der Waals surface area contributed by atoms with Crippen LogP contribution in [0.1, 0.15) is 6.42 Å².